The lowest BCUT2D eigenvalue weighted by Crippen LogP contribution is -2.42. The Morgan fingerprint density at radius 3 is 2.36 bits per heavy atom. The summed E-state index contributed by atoms with van der Waals surface area (Å²) >= 11 is 0. The van der Waals surface area contributed by atoms with E-state index in [9.17, 15) is 31.8 Å². The van der Waals surface area contributed by atoms with Crippen LogP contribution >= 0.6 is 0 Å². The lowest BCUT2D eigenvalue weighted by molar-refractivity contribution is -0.144. The Hall–Kier alpha value is -2.77. The third-order valence-corrected chi connectivity index (χ3v) is 7.47. The normalized spacial score (nSPS) is 17.2. The number of fused-ring (bicyclic) bond motifs is 3. The van der Waals surface area contributed by atoms with Gasteiger partial charge in [-0.2, -0.15) is 13.2 Å². The van der Waals surface area contributed by atoms with Crippen LogP contribution in [-0.2, 0) is 34.8 Å². The Balaban J connectivity index is 1.88. The predicted molar refractivity (Wildman–Crippen MR) is 126 cm³/mol. The summed E-state index contributed by atoms with van der Waals surface area (Å²) in [5.74, 6) is 0.268. The van der Waals surface area contributed by atoms with Crippen molar-refractivity contribution in [2.45, 2.75) is 63.6 Å². The van der Waals surface area contributed by atoms with Crippen LogP contribution in [0.2, 0.25) is 0 Å². The van der Waals surface area contributed by atoms with Gasteiger partial charge in [0.1, 0.15) is 5.82 Å². The number of anilines is 1. The zero-order chi connectivity index (χ0) is 26.8. The molecule has 1 unspecified atom stereocenters. The number of imidazole rings is 1. The van der Waals surface area contributed by atoms with Crippen LogP contribution in [0.15, 0.2) is 23.2 Å². The van der Waals surface area contributed by atoms with E-state index in [0.717, 1.165) is 12.5 Å². The van der Waals surface area contributed by atoms with Gasteiger partial charge in [-0.3, -0.25) is 0 Å². The second-order valence-electron chi connectivity index (χ2n) is 9.87. The van der Waals surface area contributed by atoms with E-state index in [1.165, 1.54) is 26.0 Å². The monoisotopic (exact) mass is 527 g/mol. The zero-order valence-corrected chi connectivity index (χ0v) is 21.3. The SMILES string of the molecule is CC(C)C1c2nc3cc(CO)c(S(C)(=O)=O)cc3n2CCN1c1ncc(C(C)(C)O)c(C(F)(F)F)n1. The van der Waals surface area contributed by atoms with Crippen LogP contribution in [0.25, 0.3) is 11.0 Å². The molecule has 1 aromatic carbocycles. The van der Waals surface area contributed by atoms with Gasteiger partial charge in [0.25, 0.3) is 0 Å². The summed E-state index contributed by atoms with van der Waals surface area (Å²) in [4.78, 5) is 14.4. The highest BCUT2D eigenvalue weighted by Crippen LogP contribution is 2.40. The highest BCUT2D eigenvalue weighted by atomic mass is 32.2. The molecule has 4 rings (SSSR count). The number of benzene rings is 1. The first kappa shape index (κ1) is 26.3. The molecule has 196 valence electrons. The van der Waals surface area contributed by atoms with E-state index >= 15 is 0 Å². The van der Waals surface area contributed by atoms with Crippen LogP contribution in [0.3, 0.4) is 0 Å². The molecule has 0 fully saturated rings. The Morgan fingerprint density at radius 2 is 1.83 bits per heavy atom. The molecule has 0 aliphatic carbocycles. The maximum absolute atomic E-state index is 13.9. The molecule has 3 heterocycles. The van der Waals surface area contributed by atoms with E-state index in [1.807, 2.05) is 18.4 Å². The topological polar surface area (TPSA) is 121 Å². The Labute approximate surface area is 206 Å². The van der Waals surface area contributed by atoms with Gasteiger partial charge in [0.05, 0.1) is 34.2 Å². The first-order valence-corrected chi connectivity index (χ1v) is 13.2. The fourth-order valence-corrected chi connectivity index (χ4v) is 5.61. The van der Waals surface area contributed by atoms with Crippen LogP contribution in [0.4, 0.5) is 19.1 Å². The van der Waals surface area contributed by atoms with Crippen molar-refractivity contribution in [1.29, 1.82) is 0 Å². The number of sulfone groups is 1. The molecule has 1 aliphatic heterocycles. The predicted octanol–water partition coefficient (Wildman–Crippen LogP) is 3.19. The fraction of sp³-hybridized carbons (Fsp3) is 0.522. The van der Waals surface area contributed by atoms with E-state index in [4.69, 9.17) is 0 Å². The minimum absolute atomic E-state index is 0.00378. The summed E-state index contributed by atoms with van der Waals surface area (Å²) in [6.07, 6.45) is -2.73. The lowest BCUT2D eigenvalue weighted by Gasteiger charge is -2.38. The molecule has 0 radical (unpaired) electrons. The largest absolute Gasteiger partial charge is 0.433 e. The summed E-state index contributed by atoms with van der Waals surface area (Å²) in [7, 11) is -3.62. The molecule has 1 atom stereocenters. The average Bonchev–Trinajstić information content (AvgIpc) is 3.12. The number of halogens is 3. The number of rotatable bonds is 5. The molecule has 13 heteroatoms. The summed E-state index contributed by atoms with van der Waals surface area (Å²) in [5.41, 5.74) is -2.16. The van der Waals surface area contributed by atoms with E-state index in [0.29, 0.717) is 23.4 Å². The molecule has 0 saturated heterocycles. The van der Waals surface area contributed by atoms with E-state index < -0.39 is 45.5 Å². The van der Waals surface area contributed by atoms with Gasteiger partial charge in [0, 0.05) is 31.1 Å². The molecule has 0 spiro atoms. The third-order valence-electron chi connectivity index (χ3n) is 6.29. The number of aliphatic hydroxyl groups is 2. The maximum Gasteiger partial charge on any atom is 0.433 e. The van der Waals surface area contributed by atoms with Crippen molar-refractivity contribution in [3.63, 3.8) is 0 Å². The molecule has 2 N–H and O–H groups in total. The average molecular weight is 528 g/mol. The van der Waals surface area contributed by atoms with Crippen molar-refractivity contribution in [3.05, 3.63) is 41.0 Å². The highest BCUT2D eigenvalue weighted by Gasteiger charge is 2.42. The van der Waals surface area contributed by atoms with Crippen molar-refractivity contribution < 1.29 is 31.8 Å². The Bertz CT molecular complexity index is 1430. The minimum Gasteiger partial charge on any atom is -0.392 e. The number of alkyl halides is 3. The molecule has 1 aliphatic rings. The van der Waals surface area contributed by atoms with Crippen molar-refractivity contribution in [2.24, 2.45) is 5.92 Å². The van der Waals surface area contributed by atoms with Crippen molar-refractivity contribution in [1.82, 2.24) is 19.5 Å². The molecule has 0 saturated carbocycles. The number of hydrogen-bond acceptors (Lipinski definition) is 8. The van der Waals surface area contributed by atoms with Gasteiger partial charge in [-0.1, -0.05) is 13.8 Å². The van der Waals surface area contributed by atoms with Crippen LogP contribution in [0.5, 0.6) is 0 Å². The van der Waals surface area contributed by atoms with Gasteiger partial charge in [-0.15, -0.1) is 0 Å². The molecular formula is C23H28F3N5O4S. The smallest absolute Gasteiger partial charge is 0.392 e. The Morgan fingerprint density at radius 1 is 1.17 bits per heavy atom. The second-order valence-corrected chi connectivity index (χ2v) is 11.9. The van der Waals surface area contributed by atoms with Crippen molar-refractivity contribution in [3.8, 4) is 0 Å². The quantitative estimate of drug-likeness (QED) is 0.519. The van der Waals surface area contributed by atoms with Gasteiger partial charge in [0.15, 0.2) is 15.5 Å². The van der Waals surface area contributed by atoms with Crippen LogP contribution in [0.1, 0.15) is 56.4 Å². The van der Waals surface area contributed by atoms with Crippen molar-refractivity contribution in [2.75, 3.05) is 17.7 Å². The van der Waals surface area contributed by atoms with Gasteiger partial charge in [-0.05, 0) is 37.5 Å². The van der Waals surface area contributed by atoms with E-state index in [1.54, 1.807) is 4.90 Å². The molecule has 36 heavy (non-hydrogen) atoms. The highest BCUT2D eigenvalue weighted by molar-refractivity contribution is 7.90. The first-order chi connectivity index (χ1) is 16.5. The van der Waals surface area contributed by atoms with Gasteiger partial charge in [0.2, 0.25) is 5.95 Å². The molecule has 9 nitrogen and oxygen atoms in total. The minimum atomic E-state index is -4.80. The summed E-state index contributed by atoms with van der Waals surface area (Å²) in [6.45, 7) is 6.33. The van der Waals surface area contributed by atoms with E-state index in [-0.39, 0.29) is 28.9 Å². The van der Waals surface area contributed by atoms with Crippen molar-refractivity contribution >= 4 is 26.8 Å². The number of nitrogens with zero attached hydrogens (tertiary/aromatic N) is 5. The maximum atomic E-state index is 13.9. The molecule has 0 amide bonds. The van der Waals surface area contributed by atoms with Gasteiger partial charge < -0.3 is 19.7 Å². The molecule has 3 aromatic rings. The van der Waals surface area contributed by atoms with Gasteiger partial charge in [-0.25, -0.2) is 23.4 Å². The lowest BCUT2D eigenvalue weighted by atomic mass is 9.97. The zero-order valence-electron chi connectivity index (χ0n) is 20.5. The van der Waals surface area contributed by atoms with Gasteiger partial charge >= 0.3 is 6.18 Å². The third kappa shape index (κ3) is 4.55. The second kappa shape index (κ2) is 8.67. The standard InChI is InChI=1S/C23H28F3N5O4S/c1-12(2)18-20-28-15-8-13(11-32)17(36(5,34)35)9-16(15)30(20)6-7-31(18)21-27-10-14(22(3,4)33)19(29-21)23(24,25)26/h8-10,12,18,32-33H,6-7,11H2,1-5H3. The first-order valence-electron chi connectivity index (χ1n) is 11.3. The molecule has 2 aromatic heterocycles. The summed E-state index contributed by atoms with van der Waals surface area (Å²) in [5, 5.41) is 20.0. The van der Waals surface area contributed by atoms with Crippen LogP contribution in [-0.4, -0.2) is 51.0 Å². The summed E-state index contributed by atoms with van der Waals surface area (Å²) < 4.78 is 68.0. The molecule has 0 bridgehead atoms. The molecular weight excluding hydrogens is 499 g/mol. The number of hydrogen-bond donors (Lipinski definition) is 2. The fourth-order valence-electron chi connectivity index (χ4n) is 4.69. The van der Waals surface area contributed by atoms with E-state index in [2.05, 4.69) is 15.0 Å². The summed E-state index contributed by atoms with van der Waals surface area (Å²) in [6, 6.07) is 2.49. The Kier molecular flexibility index (Phi) is 6.33. The van der Waals surface area contributed by atoms with Crippen LogP contribution in [0, 0.1) is 5.92 Å². The number of aliphatic hydroxyl groups excluding tert-OH is 1. The number of aromatic nitrogens is 4. The van der Waals surface area contributed by atoms with Crippen LogP contribution < -0.4 is 4.90 Å².